The van der Waals surface area contributed by atoms with Crippen molar-refractivity contribution >= 4 is 70.3 Å². The number of anilines is 4. The summed E-state index contributed by atoms with van der Waals surface area (Å²) in [6.07, 6.45) is 12.7. The fourth-order valence-electron chi connectivity index (χ4n) is 16.2. The summed E-state index contributed by atoms with van der Waals surface area (Å²) in [6, 6.07) is 28.9. The molecule has 3 aromatic heterocycles. The third kappa shape index (κ3) is 19.5. The Morgan fingerprint density at radius 1 is 0.761 bits per heavy atom. The van der Waals surface area contributed by atoms with Crippen LogP contribution in [0.1, 0.15) is 151 Å². The standard InChI is InChI=1S/C82H101N17O14/c1-50(2)74(78(105)98-48-59(100)40-67(98)77(104)89-51(3)54-18-14-52(45-83)15-19-54)69-44-71(94-113-69)109-38-37-95-35-27-60(28-36-95)111-61-41-62(42-61)112-70-39-56(26-33-86-70)99-57-22-23-58(99)47-96(46-57)66-43-65(92-93-75(66)84)63-11-5-6-13-68(63)110-49-53-16-20-55(21-17-53)90-76(103)64(12-9-32-88-81(85)108)91-80(107)82(29-10-30-82)79(106)87-31-7-4-8-34-97-72(101)24-25-73(97)102/h5-6,11,13-21,24-26,33,39,43-44,50-51,57-62,64,67,74,100H,4,7-10,12,22-23,27-32,34-38,40-42,46-49H2,1-3H3,(H2,84,93)(H,87,106)(H,89,104)(H,90,103)(H,91,107)(H3,85,88,108)/t51-,57?,58?,59+,61-,62-,64-,67-,74+/m0/s1. The number of rotatable bonds is 35. The molecule has 5 aliphatic heterocycles. The van der Waals surface area contributed by atoms with E-state index in [0.29, 0.717) is 118 Å². The second kappa shape index (κ2) is 36.5. The van der Waals surface area contributed by atoms with E-state index in [1.807, 2.05) is 69.4 Å². The summed E-state index contributed by atoms with van der Waals surface area (Å²) in [6.45, 7) is 10.7. The number of urea groups is 1. The Morgan fingerprint density at radius 3 is 2.20 bits per heavy atom. The lowest BCUT2D eigenvalue weighted by Gasteiger charge is -2.43. The predicted molar refractivity (Wildman–Crippen MR) is 416 cm³/mol. The van der Waals surface area contributed by atoms with Gasteiger partial charge in [0.2, 0.25) is 35.4 Å². The Bertz CT molecular complexity index is 4430. The molecule has 2 bridgehead atoms. The first-order valence-corrected chi connectivity index (χ1v) is 39.5. The number of imide groups is 1. The average molecular weight is 1550 g/mol. The van der Waals surface area contributed by atoms with E-state index in [9.17, 15) is 48.7 Å². The van der Waals surface area contributed by atoms with Crippen molar-refractivity contribution in [2.75, 3.05) is 86.4 Å². The minimum absolute atomic E-state index is 0.00542. The number of nitrogens with one attached hydrogen (secondary N) is 5. The third-order valence-electron chi connectivity index (χ3n) is 22.8. The van der Waals surface area contributed by atoms with Crippen LogP contribution in [0.2, 0.25) is 0 Å². The normalized spacial score (nSPS) is 21.3. The summed E-state index contributed by atoms with van der Waals surface area (Å²) < 4.78 is 31.3. The molecule has 2 aliphatic carbocycles. The van der Waals surface area contributed by atoms with Gasteiger partial charge in [0.05, 0.1) is 47.4 Å². The van der Waals surface area contributed by atoms with E-state index in [1.54, 1.807) is 42.5 Å². The number of carbonyl (C=O) groups excluding carboxylic acids is 8. The third-order valence-corrected chi connectivity index (χ3v) is 22.8. The topological polar surface area (TPSA) is 411 Å². The van der Waals surface area contributed by atoms with Gasteiger partial charge < -0.3 is 81.3 Å². The van der Waals surface area contributed by atoms with Crippen LogP contribution in [-0.4, -0.2) is 202 Å². The number of nitrogen functional groups attached to an aromatic ring is 1. The highest BCUT2D eigenvalue weighted by Crippen LogP contribution is 2.44. The number of hydrogen-bond donors (Lipinski definition) is 8. The van der Waals surface area contributed by atoms with E-state index in [1.165, 1.54) is 22.0 Å². The number of carbonyl (C=O) groups is 8. The maximum Gasteiger partial charge on any atom is 0.312 e. The molecule has 598 valence electrons. The number of ether oxygens (including phenoxy) is 4. The van der Waals surface area contributed by atoms with E-state index in [0.717, 1.165) is 79.7 Å². The highest BCUT2D eigenvalue weighted by atomic mass is 16.5. The summed E-state index contributed by atoms with van der Waals surface area (Å²) in [5, 5.41) is 47.2. The van der Waals surface area contributed by atoms with Crippen LogP contribution >= 0.6 is 0 Å². The highest BCUT2D eigenvalue weighted by Gasteiger charge is 2.52. The van der Waals surface area contributed by atoms with Crippen LogP contribution in [-0.2, 0) is 44.9 Å². The van der Waals surface area contributed by atoms with Gasteiger partial charge >= 0.3 is 6.03 Å². The molecule has 7 aliphatic rings. The summed E-state index contributed by atoms with van der Waals surface area (Å²) in [5.41, 5.74) is 16.4. The van der Waals surface area contributed by atoms with Crippen molar-refractivity contribution in [2.45, 2.75) is 184 Å². The highest BCUT2D eigenvalue weighted by molar-refractivity contribution is 6.13. The number of aromatic nitrogens is 4. The van der Waals surface area contributed by atoms with Gasteiger partial charge in [-0.25, -0.2) is 9.78 Å². The first kappa shape index (κ1) is 79.8. The molecule has 7 atom stereocenters. The molecule has 31 nitrogen and oxygen atoms in total. The molecule has 6 aromatic rings. The molecule has 13 rings (SSSR count). The smallest absolute Gasteiger partial charge is 0.312 e. The number of amides is 9. The van der Waals surface area contributed by atoms with Crippen molar-refractivity contribution in [3.05, 3.63) is 138 Å². The van der Waals surface area contributed by atoms with Crippen LogP contribution < -0.4 is 62.1 Å². The number of piperazine rings is 1. The lowest BCUT2D eigenvalue weighted by atomic mass is 9.67. The fraction of sp³-hybridized carbons (Fsp3) is 0.500. The monoisotopic (exact) mass is 1550 g/mol. The van der Waals surface area contributed by atoms with Gasteiger partial charge in [-0.2, -0.15) is 5.26 Å². The van der Waals surface area contributed by atoms with E-state index < -0.39 is 53.3 Å². The van der Waals surface area contributed by atoms with Crippen molar-refractivity contribution in [3.8, 4) is 34.8 Å². The number of unbranched alkanes of at least 4 members (excludes halogenated alkanes) is 2. The van der Waals surface area contributed by atoms with Crippen molar-refractivity contribution < 1.29 is 66.9 Å². The lowest BCUT2D eigenvalue weighted by Crippen LogP contribution is -2.58. The second-order valence-corrected chi connectivity index (χ2v) is 30.9. The SMILES string of the molecule is CC(C)[C@@H](C(=O)N1C[C@H](O)C[C@H]1C(=O)N[C@@H](C)c1ccc(C#N)cc1)c1cc(OCCN2CCC(O[C@H]3C[C@H](Oc4cc(N5C6CCC5CN(c5cc(-c7ccccc7OCc7ccc(NC(=O)[C@H](CCCNC(N)=O)NC(=O)C8(C(=O)NCCCCCN9C(=O)C=CC9=O)CCC8)cc7)nnc5N)C6)ccn4)C3)CC2)no1. The molecule has 4 saturated heterocycles. The molecule has 8 heterocycles. The molecule has 0 radical (unpaired) electrons. The van der Waals surface area contributed by atoms with Gasteiger partial charge in [0.15, 0.2) is 11.6 Å². The summed E-state index contributed by atoms with van der Waals surface area (Å²) in [7, 11) is 0. The maximum absolute atomic E-state index is 14.2. The number of primary amides is 1. The van der Waals surface area contributed by atoms with Gasteiger partial charge in [-0.1, -0.05) is 56.7 Å². The number of aliphatic hydroxyl groups excluding tert-OH is 1. The van der Waals surface area contributed by atoms with Gasteiger partial charge in [0.1, 0.15) is 48.5 Å². The van der Waals surface area contributed by atoms with Crippen LogP contribution in [0.5, 0.6) is 17.5 Å². The molecule has 2 unspecified atom stereocenters. The molecule has 31 heteroatoms. The molecule has 6 fully saturated rings. The molecular formula is C82H101N17O14. The largest absolute Gasteiger partial charge is 0.488 e. The zero-order chi connectivity index (χ0) is 79.3. The van der Waals surface area contributed by atoms with Gasteiger partial charge in [0.25, 0.3) is 17.7 Å². The number of nitrogens with zero attached hydrogens (tertiary/aromatic N) is 10. The average Bonchev–Trinajstić information content (AvgIpc) is 1.75. The van der Waals surface area contributed by atoms with Gasteiger partial charge in [-0.15, -0.1) is 10.2 Å². The predicted octanol–water partition coefficient (Wildman–Crippen LogP) is 6.72. The van der Waals surface area contributed by atoms with Gasteiger partial charge in [-0.05, 0) is 148 Å². The Hall–Kier alpha value is -11.2. The molecule has 0 spiro atoms. The summed E-state index contributed by atoms with van der Waals surface area (Å²) >= 11 is 0. The van der Waals surface area contributed by atoms with Crippen molar-refractivity contribution in [1.29, 1.82) is 5.26 Å². The van der Waals surface area contributed by atoms with Crippen molar-refractivity contribution in [2.24, 2.45) is 17.1 Å². The van der Waals surface area contributed by atoms with Crippen LogP contribution in [0.3, 0.4) is 0 Å². The first-order valence-electron chi connectivity index (χ1n) is 39.5. The minimum atomic E-state index is -1.35. The molecule has 9 amide bonds. The lowest BCUT2D eigenvalue weighted by molar-refractivity contribution is -0.151. The summed E-state index contributed by atoms with van der Waals surface area (Å²) in [4.78, 5) is 119. The van der Waals surface area contributed by atoms with Crippen LogP contribution in [0, 0.1) is 22.7 Å². The zero-order valence-corrected chi connectivity index (χ0v) is 64.1. The van der Waals surface area contributed by atoms with Crippen LogP contribution in [0.15, 0.2) is 120 Å². The number of para-hydroxylation sites is 1. The maximum atomic E-state index is 14.2. The molecule has 113 heavy (non-hydrogen) atoms. The Morgan fingerprint density at radius 2 is 1.50 bits per heavy atom. The first-order chi connectivity index (χ1) is 54.6. The number of nitriles is 1. The number of nitrogens with two attached hydrogens (primary N) is 2. The number of β-amino-alcohol motifs (C(OH)–C–C–N with tert-alkyl or cyclic N) is 1. The van der Waals surface area contributed by atoms with E-state index >= 15 is 0 Å². The molecular weight excluding hydrogens is 1450 g/mol. The number of aliphatic hydroxyl groups is 1. The van der Waals surface area contributed by atoms with E-state index in [4.69, 9.17) is 34.9 Å². The number of pyridine rings is 1. The van der Waals surface area contributed by atoms with E-state index in [2.05, 4.69) is 79.8 Å². The van der Waals surface area contributed by atoms with Crippen LogP contribution in [0.4, 0.5) is 27.7 Å². The van der Waals surface area contributed by atoms with Crippen molar-refractivity contribution in [3.63, 3.8) is 0 Å². The number of hydrogen-bond acceptors (Lipinski definition) is 23. The van der Waals surface area contributed by atoms with Crippen LogP contribution in [0.25, 0.3) is 11.3 Å². The molecule has 10 N–H and O–H groups in total. The number of likely N-dealkylation sites (tertiary alicyclic amines) is 2. The Labute approximate surface area is 656 Å². The number of benzene rings is 3. The second-order valence-electron chi connectivity index (χ2n) is 30.9. The zero-order valence-electron chi connectivity index (χ0n) is 64.1. The summed E-state index contributed by atoms with van der Waals surface area (Å²) in [5.74, 6) is -1.74. The van der Waals surface area contributed by atoms with Crippen molar-refractivity contribution in [1.82, 2.24) is 56.3 Å². The molecule has 3 aromatic carbocycles. The quantitative estimate of drug-likeness (QED) is 0.0116. The molecule has 2 saturated carbocycles. The Kier molecular flexibility index (Phi) is 25.8. The Balaban J connectivity index is 0.532. The number of fused-ring (bicyclic) bond motifs is 2. The number of piperidine rings is 1. The van der Waals surface area contributed by atoms with Gasteiger partial charge in [0, 0.05) is 138 Å². The minimum Gasteiger partial charge on any atom is -0.488 e. The van der Waals surface area contributed by atoms with E-state index in [-0.39, 0.29) is 111 Å². The van der Waals surface area contributed by atoms with Gasteiger partial charge in [-0.3, -0.25) is 43.4 Å². The fourth-order valence-corrected chi connectivity index (χ4v) is 16.2.